The first-order valence-electron chi connectivity index (χ1n) is 10.8. The van der Waals surface area contributed by atoms with E-state index >= 15 is 0 Å². The number of alkyl carbamates (subject to hydrolysis) is 1. The summed E-state index contributed by atoms with van der Waals surface area (Å²) in [5.74, 6) is 1.01. The smallest absolute Gasteiger partial charge is 0.407 e. The Labute approximate surface area is 175 Å². The van der Waals surface area contributed by atoms with Crippen molar-refractivity contribution in [1.82, 2.24) is 20.7 Å². The molecule has 2 aliphatic carbocycles. The lowest BCUT2D eigenvalue weighted by molar-refractivity contribution is -0.115. The van der Waals surface area contributed by atoms with Crippen LogP contribution in [-0.4, -0.2) is 39.5 Å². The molecule has 2 aromatic rings. The third kappa shape index (κ3) is 5.40. The molecule has 2 aliphatic rings. The van der Waals surface area contributed by atoms with Crippen LogP contribution in [0.3, 0.4) is 0 Å². The predicted octanol–water partition coefficient (Wildman–Crippen LogP) is 3.58. The molecular formula is C21H29N5O4. The third-order valence-corrected chi connectivity index (χ3v) is 5.90. The van der Waals surface area contributed by atoms with Crippen molar-refractivity contribution in [2.24, 2.45) is 0 Å². The van der Waals surface area contributed by atoms with Gasteiger partial charge >= 0.3 is 6.09 Å². The van der Waals surface area contributed by atoms with E-state index < -0.39 is 0 Å². The van der Waals surface area contributed by atoms with Gasteiger partial charge in [-0.3, -0.25) is 9.89 Å². The zero-order valence-corrected chi connectivity index (χ0v) is 17.3. The van der Waals surface area contributed by atoms with Gasteiger partial charge in [0.1, 0.15) is 11.9 Å². The molecule has 0 spiro atoms. The van der Waals surface area contributed by atoms with Gasteiger partial charge < -0.3 is 19.9 Å². The molecule has 162 valence electrons. The molecular weight excluding hydrogens is 386 g/mol. The van der Waals surface area contributed by atoms with Crippen LogP contribution in [0.4, 0.5) is 10.6 Å². The second kappa shape index (κ2) is 9.32. The summed E-state index contributed by atoms with van der Waals surface area (Å²) in [6, 6.07) is 3.83. The third-order valence-electron chi connectivity index (χ3n) is 5.90. The van der Waals surface area contributed by atoms with Gasteiger partial charge in [-0.25, -0.2) is 4.79 Å². The monoisotopic (exact) mass is 415 g/mol. The van der Waals surface area contributed by atoms with Crippen molar-refractivity contribution in [3.05, 3.63) is 29.3 Å². The zero-order valence-electron chi connectivity index (χ0n) is 17.3. The van der Waals surface area contributed by atoms with Crippen LogP contribution in [0.5, 0.6) is 0 Å². The Hall–Kier alpha value is -2.84. The summed E-state index contributed by atoms with van der Waals surface area (Å²) in [5.41, 5.74) is 1.69. The van der Waals surface area contributed by atoms with E-state index in [0.29, 0.717) is 11.6 Å². The normalized spacial score (nSPS) is 22.0. The van der Waals surface area contributed by atoms with Crippen LogP contribution in [0.25, 0.3) is 0 Å². The average molecular weight is 415 g/mol. The number of rotatable bonds is 6. The predicted molar refractivity (Wildman–Crippen MR) is 109 cm³/mol. The van der Waals surface area contributed by atoms with Crippen LogP contribution in [0.2, 0.25) is 0 Å². The van der Waals surface area contributed by atoms with E-state index in [1.165, 1.54) is 19.3 Å². The lowest BCUT2D eigenvalue weighted by atomic mass is 9.96. The molecule has 2 fully saturated rings. The minimum absolute atomic E-state index is 0.0883. The van der Waals surface area contributed by atoms with Crippen LogP contribution in [0, 0.1) is 6.92 Å². The number of H-pyrrole nitrogens is 1. The molecule has 9 nitrogen and oxygen atoms in total. The van der Waals surface area contributed by atoms with E-state index in [4.69, 9.17) is 9.26 Å². The summed E-state index contributed by atoms with van der Waals surface area (Å²) >= 11 is 0. The lowest BCUT2D eigenvalue weighted by Gasteiger charge is -2.23. The van der Waals surface area contributed by atoms with Crippen LogP contribution in [0.15, 0.2) is 16.7 Å². The fraction of sp³-hybridized carbons (Fsp3) is 0.619. The van der Waals surface area contributed by atoms with Crippen molar-refractivity contribution < 1.29 is 18.8 Å². The van der Waals surface area contributed by atoms with Crippen molar-refractivity contribution in [2.75, 3.05) is 5.32 Å². The Morgan fingerprint density at radius 1 is 1.20 bits per heavy atom. The molecule has 4 rings (SSSR count). The first-order chi connectivity index (χ1) is 14.5. The molecule has 0 saturated heterocycles. The van der Waals surface area contributed by atoms with Gasteiger partial charge in [-0.15, -0.1) is 0 Å². The largest absolute Gasteiger partial charge is 0.446 e. The van der Waals surface area contributed by atoms with E-state index in [0.717, 1.165) is 43.5 Å². The Bertz CT molecular complexity index is 870. The van der Waals surface area contributed by atoms with E-state index in [1.54, 1.807) is 6.07 Å². The minimum atomic E-state index is -0.298. The first kappa shape index (κ1) is 20.4. The van der Waals surface area contributed by atoms with Crippen molar-refractivity contribution in [2.45, 2.75) is 82.8 Å². The van der Waals surface area contributed by atoms with Crippen molar-refractivity contribution in [3.63, 3.8) is 0 Å². The van der Waals surface area contributed by atoms with E-state index in [2.05, 4.69) is 26.0 Å². The van der Waals surface area contributed by atoms with Gasteiger partial charge in [0.05, 0.1) is 12.1 Å². The second-order valence-electron chi connectivity index (χ2n) is 8.38. The lowest BCUT2D eigenvalue weighted by Crippen LogP contribution is -2.38. The molecule has 2 atom stereocenters. The Kier molecular flexibility index (Phi) is 6.35. The number of carbonyl (C=O) groups excluding carboxylic acids is 2. The number of ether oxygens (including phenoxy) is 1. The van der Waals surface area contributed by atoms with Crippen LogP contribution >= 0.6 is 0 Å². The number of amides is 2. The number of aryl methyl sites for hydroxylation is 1. The number of anilines is 1. The van der Waals surface area contributed by atoms with E-state index in [9.17, 15) is 9.59 Å². The average Bonchev–Trinajstić information content (AvgIpc) is 3.44. The first-order valence-corrected chi connectivity index (χ1v) is 10.8. The van der Waals surface area contributed by atoms with Crippen molar-refractivity contribution in [3.8, 4) is 0 Å². The number of carbonyl (C=O) groups is 2. The molecule has 0 aromatic carbocycles. The van der Waals surface area contributed by atoms with Gasteiger partial charge in [0.15, 0.2) is 5.82 Å². The van der Waals surface area contributed by atoms with Crippen LogP contribution < -0.4 is 10.6 Å². The summed E-state index contributed by atoms with van der Waals surface area (Å²) in [7, 11) is 0. The Morgan fingerprint density at radius 3 is 2.80 bits per heavy atom. The minimum Gasteiger partial charge on any atom is -0.446 e. The fourth-order valence-electron chi connectivity index (χ4n) is 4.38. The molecule has 2 aromatic heterocycles. The maximum absolute atomic E-state index is 12.2. The number of nitrogens with zero attached hydrogens (tertiary/aromatic N) is 2. The molecule has 30 heavy (non-hydrogen) atoms. The molecule has 0 bridgehead atoms. The quantitative estimate of drug-likeness (QED) is 0.663. The second-order valence-corrected chi connectivity index (χ2v) is 8.38. The number of aromatic amines is 1. The van der Waals surface area contributed by atoms with Gasteiger partial charge in [0.25, 0.3) is 0 Å². The van der Waals surface area contributed by atoms with Gasteiger partial charge in [-0.05, 0) is 39.0 Å². The molecule has 0 radical (unpaired) electrons. The highest BCUT2D eigenvalue weighted by Gasteiger charge is 2.30. The highest BCUT2D eigenvalue weighted by atomic mass is 16.6. The summed E-state index contributed by atoms with van der Waals surface area (Å²) < 4.78 is 10.7. The van der Waals surface area contributed by atoms with Gasteiger partial charge in [0.2, 0.25) is 5.91 Å². The highest BCUT2D eigenvalue weighted by molar-refractivity contribution is 5.91. The number of hydrogen-bond acceptors (Lipinski definition) is 6. The SMILES string of the molecule is Cc1cc(CC(=O)Nc2cc(C3CC[C@H](OC(=O)NC4CCCCC4)C3)[nH]n2)on1. The molecule has 2 amide bonds. The molecule has 9 heteroatoms. The molecule has 3 N–H and O–H groups in total. The van der Waals surface area contributed by atoms with Crippen molar-refractivity contribution >= 4 is 17.8 Å². The molecule has 2 heterocycles. The van der Waals surface area contributed by atoms with Gasteiger partial charge in [0, 0.05) is 29.8 Å². The van der Waals surface area contributed by atoms with Gasteiger partial charge in [-0.2, -0.15) is 5.10 Å². The summed E-state index contributed by atoms with van der Waals surface area (Å²) in [6.45, 7) is 1.81. The number of nitrogens with one attached hydrogen (secondary N) is 3. The zero-order chi connectivity index (χ0) is 20.9. The maximum atomic E-state index is 12.2. The topological polar surface area (TPSA) is 122 Å². The molecule has 2 saturated carbocycles. The summed E-state index contributed by atoms with van der Waals surface area (Å²) in [5, 5.41) is 16.7. The maximum Gasteiger partial charge on any atom is 0.407 e. The van der Waals surface area contributed by atoms with E-state index in [1.807, 2.05) is 13.0 Å². The highest BCUT2D eigenvalue weighted by Crippen LogP contribution is 2.36. The Balaban J connectivity index is 1.23. The fourth-order valence-corrected chi connectivity index (χ4v) is 4.38. The van der Waals surface area contributed by atoms with Gasteiger partial charge in [-0.1, -0.05) is 24.4 Å². The summed E-state index contributed by atoms with van der Waals surface area (Å²) in [4.78, 5) is 24.3. The standard InChI is InChI=1S/C21H29N5O4/c1-13-9-17(30-26-13)11-20(27)23-19-12-18(24-25-19)14-7-8-16(10-14)29-21(28)22-15-5-3-2-4-6-15/h9,12,14-16H,2-8,10-11H2,1H3,(H,22,28)(H2,23,24,25,27)/t14?,16-/m0/s1. The molecule has 0 aliphatic heterocycles. The van der Waals surface area contributed by atoms with E-state index in [-0.39, 0.29) is 36.5 Å². The Morgan fingerprint density at radius 2 is 2.03 bits per heavy atom. The van der Waals surface area contributed by atoms with Crippen LogP contribution in [-0.2, 0) is 16.0 Å². The summed E-state index contributed by atoms with van der Waals surface area (Å²) in [6.07, 6.45) is 7.90. The van der Waals surface area contributed by atoms with Crippen LogP contribution in [0.1, 0.15) is 74.4 Å². The number of hydrogen-bond donors (Lipinski definition) is 3. The van der Waals surface area contributed by atoms with Crippen molar-refractivity contribution in [1.29, 1.82) is 0 Å². The molecule has 1 unspecified atom stereocenters. The number of aromatic nitrogens is 3.